The van der Waals surface area contributed by atoms with Crippen LogP contribution in [0.1, 0.15) is 38.2 Å². The number of benzene rings is 1. The van der Waals surface area contributed by atoms with E-state index in [0.29, 0.717) is 19.4 Å². The highest BCUT2D eigenvalue weighted by Gasteiger charge is 2.44. The Morgan fingerprint density at radius 1 is 1.50 bits per heavy atom. The van der Waals surface area contributed by atoms with E-state index in [-0.39, 0.29) is 35.6 Å². The van der Waals surface area contributed by atoms with E-state index in [1.807, 2.05) is 13.0 Å². The molecular formula is C15H22ClFN2O. The molecule has 0 aromatic heterocycles. The van der Waals surface area contributed by atoms with Crippen LogP contribution in [0.3, 0.4) is 0 Å². The molecular weight excluding hydrogens is 279 g/mol. The van der Waals surface area contributed by atoms with Crippen LogP contribution in [-0.4, -0.2) is 18.5 Å². The number of nitrogens with one attached hydrogen (secondary N) is 1. The summed E-state index contributed by atoms with van der Waals surface area (Å²) in [7, 11) is 0. The number of nitrogens with two attached hydrogens (primary N) is 1. The van der Waals surface area contributed by atoms with E-state index in [2.05, 4.69) is 5.32 Å². The highest BCUT2D eigenvalue weighted by atomic mass is 35.5. The van der Waals surface area contributed by atoms with Gasteiger partial charge in [-0.15, -0.1) is 12.4 Å². The van der Waals surface area contributed by atoms with Gasteiger partial charge >= 0.3 is 0 Å². The molecule has 1 atom stereocenters. The van der Waals surface area contributed by atoms with E-state index >= 15 is 0 Å². The van der Waals surface area contributed by atoms with Gasteiger partial charge in [0.2, 0.25) is 5.91 Å². The molecule has 1 saturated carbocycles. The third-order valence-electron chi connectivity index (χ3n) is 3.74. The largest absolute Gasteiger partial charge is 0.355 e. The molecule has 0 saturated heterocycles. The molecule has 0 aliphatic heterocycles. The summed E-state index contributed by atoms with van der Waals surface area (Å²) in [6.07, 6.45) is 3.16. The Morgan fingerprint density at radius 2 is 2.20 bits per heavy atom. The number of halogens is 2. The summed E-state index contributed by atoms with van der Waals surface area (Å²) in [6.45, 7) is 2.48. The van der Waals surface area contributed by atoms with Gasteiger partial charge < -0.3 is 11.1 Å². The summed E-state index contributed by atoms with van der Waals surface area (Å²) in [5, 5.41) is 2.94. The molecule has 112 valence electrons. The molecule has 1 aliphatic rings. The fourth-order valence-electron chi connectivity index (χ4n) is 2.25. The van der Waals surface area contributed by atoms with Crippen molar-refractivity contribution in [3.8, 4) is 0 Å². The van der Waals surface area contributed by atoms with Crippen molar-refractivity contribution in [3.63, 3.8) is 0 Å². The fraction of sp³-hybridized carbons (Fsp3) is 0.533. The van der Waals surface area contributed by atoms with Gasteiger partial charge in [0.1, 0.15) is 5.82 Å². The summed E-state index contributed by atoms with van der Waals surface area (Å²) in [6, 6.07) is 6.72. The first-order valence-corrected chi connectivity index (χ1v) is 6.80. The molecule has 2 rings (SSSR count). The van der Waals surface area contributed by atoms with Crippen molar-refractivity contribution in [3.05, 3.63) is 35.6 Å². The lowest BCUT2D eigenvalue weighted by Crippen LogP contribution is -2.33. The lowest BCUT2D eigenvalue weighted by Gasteiger charge is -2.17. The van der Waals surface area contributed by atoms with Crippen molar-refractivity contribution in [2.24, 2.45) is 5.73 Å². The molecule has 20 heavy (non-hydrogen) atoms. The molecule has 1 amide bonds. The first-order valence-electron chi connectivity index (χ1n) is 6.80. The van der Waals surface area contributed by atoms with Gasteiger partial charge in [0, 0.05) is 24.4 Å². The topological polar surface area (TPSA) is 55.1 Å². The van der Waals surface area contributed by atoms with E-state index < -0.39 is 0 Å². The molecule has 1 aromatic rings. The zero-order valence-electron chi connectivity index (χ0n) is 11.7. The summed E-state index contributed by atoms with van der Waals surface area (Å²) < 4.78 is 13.2. The zero-order chi connectivity index (χ0) is 13.9. The molecule has 0 spiro atoms. The molecule has 0 bridgehead atoms. The lowest BCUT2D eigenvalue weighted by atomic mass is 9.96. The minimum Gasteiger partial charge on any atom is -0.355 e. The second-order valence-corrected chi connectivity index (χ2v) is 5.58. The van der Waals surface area contributed by atoms with Crippen molar-refractivity contribution in [1.29, 1.82) is 0 Å². The van der Waals surface area contributed by atoms with Crippen LogP contribution in [0.25, 0.3) is 0 Å². The molecule has 3 N–H and O–H groups in total. The average molecular weight is 301 g/mol. The highest BCUT2D eigenvalue weighted by Crippen LogP contribution is 2.47. The van der Waals surface area contributed by atoms with E-state index in [0.717, 1.165) is 18.4 Å². The molecule has 0 heterocycles. The van der Waals surface area contributed by atoms with Crippen molar-refractivity contribution in [2.75, 3.05) is 6.54 Å². The van der Waals surface area contributed by atoms with Gasteiger partial charge in [-0.2, -0.15) is 0 Å². The van der Waals surface area contributed by atoms with Crippen LogP contribution >= 0.6 is 12.4 Å². The maximum absolute atomic E-state index is 13.2. The molecule has 1 fully saturated rings. The minimum atomic E-state index is -0.216. The van der Waals surface area contributed by atoms with Gasteiger partial charge in [0.25, 0.3) is 0 Å². The first-order chi connectivity index (χ1) is 9.02. The number of carbonyl (C=O) groups excluding carboxylic acids is 1. The standard InChI is InChI=1S/C15H21FN2O.ClH/c1-11(17)5-6-14(19)18-10-15(7-8-15)12-3-2-4-13(16)9-12;/h2-4,9,11H,5-8,10,17H2,1H3,(H,18,19);1H. The van der Waals surface area contributed by atoms with E-state index in [9.17, 15) is 9.18 Å². The van der Waals surface area contributed by atoms with Gasteiger partial charge in [-0.25, -0.2) is 4.39 Å². The van der Waals surface area contributed by atoms with Crippen molar-refractivity contribution >= 4 is 18.3 Å². The maximum Gasteiger partial charge on any atom is 0.220 e. The number of hydrogen-bond acceptors (Lipinski definition) is 2. The van der Waals surface area contributed by atoms with Gasteiger partial charge in [-0.3, -0.25) is 4.79 Å². The molecule has 5 heteroatoms. The summed E-state index contributed by atoms with van der Waals surface area (Å²) >= 11 is 0. The summed E-state index contributed by atoms with van der Waals surface area (Å²) in [4.78, 5) is 11.7. The Kier molecular flexibility index (Phi) is 5.96. The Balaban J connectivity index is 0.00000200. The number of amides is 1. The quantitative estimate of drug-likeness (QED) is 0.848. The predicted octanol–water partition coefficient (Wildman–Crippen LogP) is 2.52. The second kappa shape index (κ2) is 7.04. The summed E-state index contributed by atoms with van der Waals surface area (Å²) in [5.41, 5.74) is 6.56. The molecule has 1 aromatic carbocycles. The lowest BCUT2D eigenvalue weighted by molar-refractivity contribution is -0.121. The van der Waals surface area contributed by atoms with E-state index in [4.69, 9.17) is 5.73 Å². The Labute approximate surface area is 125 Å². The number of rotatable bonds is 6. The van der Waals surface area contributed by atoms with Gasteiger partial charge in [0.15, 0.2) is 0 Å². The van der Waals surface area contributed by atoms with Gasteiger partial charge in [0.05, 0.1) is 0 Å². The number of hydrogen-bond donors (Lipinski definition) is 2. The normalized spacial score (nSPS) is 16.9. The van der Waals surface area contributed by atoms with Crippen LogP contribution in [0.2, 0.25) is 0 Å². The van der Waals surface area contributed by atoms with E-state index in [1.54, 1.807) is 12.1 Å². The van der Waals surface area contributed by atoms with Crippen LogP contribution in [0.4, 0.5) is 4.39 Å². The molecule has 3 nitrogen and oxygen atoms in total. The zero-order valence-corrected chi connectivity index (χ0v) is 12.5. The van der Waals surface area contributed by atoms with Crippen LogP contribution in [0, 0.1) is 5.82 Å². The van der Waals surface area contributed by atoms with Crippen molar-refractivity contribution < 1.29 is 9.18 Å². The van der Waals surface area contributed by atoms with E-state index in [1.165, 1.54) is 6.07 Å². The van der Waals surface area contributed by atoms with Crippen LogP contribution in [0.5, 0.6) is 0 Å². The van der Waals surface area contributed by atoms with Crippen molar-refractivity contribution in [1.82, 2.24) is 5.32 Å². The number of carbonyl (C=O) groups is 1. The third-order valence-corrected chi connectivity index (χ3v) is 3.74. The maximum atomic E-state index is 13.2. The van der Waals surface area contributed by atoms with Crippen LogP contribution in [0.15, 0.2) is 24.3 Å². The Morgan fingerprint density at radius 3 is 2.75 bits per heavy atom. The smallest absolute Gasteiger partial charge is 0.220 e. The highest BCUT2D eigenvalue weighted by molar-refractivity contribution is 5.85. The molecule has 0 radical (unpaired) electrons. The third kappa shape index (κ3) is 4.46. The minimum absolute atomic E-state index is 0. The Bertz CT molecular complexity index is 461. The van der Waals surface area contributed by atoms with Crippen molar-refractivity contribution in [2.45, 2.75) is 44.1 Å². The monoisotopic (exact) mass is 300 g/mol. The average Bonchev–Trinajstić information content (AvgIpc) is 3.15. The molecule has 1 aliphatic carbocycles. The first kappa shape index (κ1) is 16.9. The fourth-order valence-corrected chi connectivity index (χ4v) is 2.25. The summed E-state index contributed by atoms with van der Waals surface area (Å²) in [5.74, 6) is -0.188. The molecule has 1 unspecified atom stereocenters. The van der Waals surface area contributed by atoms with Crippen LogP contribution < -0.4 is 11.1 Å². The predicted molar refractivity (Wildman–Crippen MR) is 80.5 cm³/mol. The van der Waals surface area contributed by atoms with Gasteiger partial charge in [-0.1, -0.05) is 12.1 Å². The van der Waals surface area contributed by atoms with Gasteiger partial charge in [-0.05, 0) is 43.9 Å². The SMILES string of the molecule is CC(N)CCC(=O)NCC1(c2cccc(F)c2)CC1.Cl. The van der Waals surface area contributed by atoms with Crippen LogP contribution in [-0.2, 0) is 10.2 Å². The second-order valence-electron chi connectivity index (χ2n) is 5.58. The Hall–Kier alpha value is -1.13.